The van der Waals surface area contributed by atoms with E-state index < -0.39 is 10.1 Å². The predicted molar refractivity (Wildman–Crippen MR) is 55.9 cm³/mol. The highest BCUT2D eigenvalue weighted by Crippen LogP contribution is 2.30. The van der Waals surface area contributed by atoms with E-state index >= 15 is 0 Å². The number of rotatable bonds is 4. The molecule has 1 fully saturated rings. The fraction of sp³-hybridized carbons (Fsp3) is 1.00. The van der Waals surface area contributed by atoms with E-state index in [1.165, 1.54) is 6.42 Å². The van der Waals surface area contributed by atoms with Crippen molar-refractivity contribution in [2.45, 2.75) is 44.1 Å². The van der Waals surface area contributed by atoms with Crippen LogP contribution >= 0.6 is 0 Å². The van der Waals surface area contributed by atoms with Gasteiger partial charge in [0, 0.05) is 5.54 Å². The SMILES string of the molecule is CNC1(CCS(=O)(=O)O)CCCCC1. The van der Waals surface area contributed by atoms with Crippen LogP contribution in [-0.2, 0) is 10.1 Å². The minimum atomic E-state index is -3.81. The van der Waals surface area contributed by atoms with Crippen LogP contribution in [0.1, 0.15) is 38.5 Å². The summed E-state index contributed by atoms with van der Waals surface area (Å²) in [7, 11) is -1.94. The van der Waals surface area contributed by atoms with Crippen LogP contribution in [0.5, 0.6) is 0 Å². The van der Waals surface area contributed by atoms with Crippen LogP contribution in [0.3, 0.4) is 0 Å². The average Bonchev–Trinajstić information content (AvgIpc) is 2.15. The summed E-state index contributed by atoms with van der Waals surface area (Å²) in [5.41, 5.74) is -0.0615. The molecule has 0 amide bonds. The predicted octanol–water partition coefficient (Wildman–Crippen LogP) is 1.19. The molecule has 5 heteroatoms. The zero-order chi connectivity index (χ0) is 10.7. The molecule has 0 bridgehead atoms. The first kappa shape index (κ1) is 11.9. The van der Waals surface area contributed by atoms with Gasteiger partial charge in [-0.2, -0.15) is 8.42 Å². The lowest BCUT2D eigenvalue weighted by Gasteiger charge is -2.37. The second-order valence-corrected chi connectivity index (χ2v) is 5.70. The zero-order valence-electron chi connectivity index (χ0n) is 8.62. The Kier molecular flexibility index (Phi) is 3.92. The second-order valence-electron chi connectivity index (χ2n) is 4.13. The topological polar surface area (TPSA) is 66.4 Å². The summed E-state index contributed by atoms with van der Waals surface area (Å²) in [6.45, 7) is 0. The van der Waals surface area contributed by atoms with E-state index in [1.54, 1.807) is 0 Å². The van der Waals surface area contributed by atoms with Gasteiger partial charge < -0.3 is 5.32 Å². The van der Waals surface area contributed by atoms with Gasteiger partial charge in [-0.15, -0.1) is 0 Å². The van der Waals surface area contributed by atoms with Gasteiger partial charge in [0.05, 0.1) is 5.75 Å². The molecule has 1 rings (SSSR count). The largest absolute Gasteiger partial charge is 0.314 e. The molecule has 1 saturated carbocycles. The van der Waals surface area contributed by atoms with E-state index in [0.29, 0.717) is 6.42 Å². The second kappa shape index (κ2) is 4.59. The fourth-order valence-electron chi connectivity index (χ4n) is 2.18. The van der Waals surface area contributed by atoms with Gasteiger partial charge in [0.2, 0.25) is 0 Å². The molecule has 1 aliphatic carbocycles. The molecule has 0 aliphatic heterocycles. The Morgan fingerprint density at radius 1 is 1.29 bits per heavy atom. The number of hydrogen-bond donors (Lipinski definition) is 2. The Morgan fingerprint density at radius 2 is 1.86 bits per heavy atom. The van der Waals surface area contributed by atoms with Crippen molar-refractivity contribution in [3.63, 3.8) is 0 Å². The van der Waals surface area contributed by atoms with E-state index in [2.05, 4.69) is 5.32 Å². The first-order valence-corrected chi connectivity index (χ1v) is 6.72. The third-order valence-corrected chi connectivity index (χ3v) is 3.90. The van der Waals surface area contributed by atoms with Gasteiger partial charge in [0.1, 0.15) is 0 Å². The van der Waals surface area contributed by atoms with Crippen molar-refractivity contribution in [1.29, 1.82) is 0 Å². The molecule has 4 nitrogen and oxygen atoms in total. The maximum Gasteiger partial charge on any atom is 0.264 e. The van der Waals surface area contributed by atoms with Crippen molar-refractivity contribution >= 4 is 10.1 Å². The molecule has 1 aliphatic rings. The molecular formula is C9H19NO3S. The average molecular weight is 221 g/mol. The summed E-state index contributed by atoms with van der Waals surface area (Å²) in [5.74, 6) is -0.131. The summed E-state index contributed by atoms with van der Waals surface area (Å²) < 4.78 is 30.0. The van der Waals surface area contributed by atoms with Crippen LogP contribution < -0.4 is 5.32 Å². The van der Waals surface area contributed by atoms with E-state index in [0.717, 1.165) is 25.7 Å². The molecule has 0 aromatic rings. The van der Waals surface area contributed by atoms with Gasteiger partial charge in [-0.1, -0.05) is 19.3 Å². The van der Waals surface area contributed by atoms with Gasteiger partial charge >= 0.3 is 0 Å². The molecule has 0 heterocycles. The highest BCUT2D eigenvalue weighted by molar-refractivity contribution is 7.85. The Hall–Kier alpha value is -0.130. The van der Waals surface area contributed by atoms with Crippen molar-refractivity contribution in [3.8, 4) is 0 Å². The van der Waals surface area contributed by atoms with Crippen LogP contribution in [0, 0.1) is 0 Å². The lowest BCUT2D eigenvalue weighted by molar-refractivity contribution is 0.238. The Labute approximate surface area is 85.8 Å². The van der Waals surface area contributed by atoms with Gasteiger partial charge in [-0.05, 0) is 26.3 Å². The summed E-state index contributed by atoms with van der Waals surface area (Å²) in [6.07, 6.45) is 6.06. The van der Waals surface area contributed by atoms with Crippen LogP contribution in [0.25, 0.3) is 0 Å². The third kappa shape index (κ3) is 3.55. The van der Waals surface area contributed by atoms with Crippen molar-refractivity contribution in [2.24, 2.45) is 0 Å². The molecule has 0 atom stereocenters. The molecule has 0 saturated heterocycles. The molecule has 0 unspecified atom stereocenters. The van der Waals surface area contributed by atoms with E-state index in [1.807, 2.05) is 7.05 Å². The summed E-state index contributed by atoms with van der Waals surface area (Å²) in [4.78, 5) is 0. The van der Waals surface area contributed by atoms with Crippen LogP contribution in [0.15, 0.2) is 0 Å². The zero-order valence-corrected chi connectivity index (χ0v) is 9.44. The van der Waals surface area contributed by atoms with E-state index in [-0.39, 0.29) is 11.3 Å². The minimum Gasteiger partial charge on any atom is -0.314 e. The lowest BCUT2D eigenvalue weighted by Crippen LogP contribution is -2.45. The molecule has 0 aromatic carbocycles. The normalized spacial score (nSPS) is 22.1. The molecule has 84 valence electrons. The maximum atomic E-state index is 10.7. The van der Waals surface area contributed by atoms with Gasteiger partial charge in [-0.25, -0.2) is 0 Å². The molecule has 2 N–H and O–H groups in total. The van der Waals surface area contributed by atoms with Crippen LogP contribution in [0.2, 0.25) is 0 Å². The van der Waals surface area contributed by atoms with Crippen LogP contribution in [0.4, 0.5) is 0 Å². The Bertz CT molecular complexity index is 268. The standard InChI is InChI=1S/C9H19NO3S/c1-10-9(5-3-2-4-6-9)7-8-14(11,12)13/h10H,2-8H2,1H3,(H,11,12,13). The lowest BCUT2D eigenvalue weighted by atomic mass is 9.80. The van der Waals surface area contributed by atoms with Crippen molar-refractivity contribution in [2.75, 3.05) is 12.8 Å². The van der Waals surface area contributed by atoms with Gasteiger partial charge in [0.25, 0.3) is 10.1 Å². The quantitative estimate of drug-likeness (QED) is 0.700. The maximum absolute atomic E-state index is 10.7. The summed E-state index contributed by atoms with van der Waals surface area (Å²) in [5, 5.41) is 3.21. The fourth-order valence-corrected chi connectivity index (χ4v) is 2.83. The molecule has 0 radical (unpaired) electrons. The number of nitrogens with one attached hydrogen (secondary N) is 1. The first-order chi connectivity index (χ1) is 6.47. The van der Waals surface area contributed by atoms with E-state index in [9.17, 15) is 8.42 Å². The number of hydrogen-bond acceptors (Lipinski definition) is 3. The Morgan fingerprint density at radius 3 is 2.29 bits per heavy atom. The van der Waals surface area contributed by atoms with Crippen molar-refractivity contribution in [1.82, 2.24) is 5.32 Å². The van der Waals surface area contributed by atoms with Gasteiger partial charge in [0.15, 0.2) is 0 Å². The molecular weight excluding hydrogens is 202 g/mol. The summed E-state index contributed by atoms with van der Waals surface area (Å²) in [6, 6.07) is 0. The summed E-state index contributed by atoms with van der Waals surface area (Å²) >= 11 is 0. The van der Waals surface area contributed by atoms with Gasteiger partial charge in [-0.3, -0.25) is 4.55 Å². The molecule has 14 heavy (non-hydrogen) atoms. The van der Waals surface area contributed by atoms with Crippen molar-refractivity contribution in [3.05, 3.63) is 0 Å². The molecule has 0 aromatic heterocycles. The minimum absolute atomic E-state index is 0.0615. The highest BCUT2D eigenvalue weighted by Gasteiger charge is 2.31. The first-order valence-electron chi connectivity index (χ1n) is 5.12. The molecule has 0 spiro atoms. The van der Waals surface area contributed by atoms with Crippen molar-refractivity contribution < 1.29 is 13.0 Å². The third-order valence-electron chi connectivity index (χ3n) is 3.18. The van der Waals surface area contributed by atoms with Crippen LogP contribution in [-0.4, -0.2) is 31.3 Å². The van der Waals surface area contributed by atoms with E-state index in [4.69, 9.17) is 4.55 Å². The Balaban J connectivity index is 2.52. The highest BCUT2D eigenvalue weighted by atomic mass is 32.2. The monoisotopic (exact) mass is 221 g/mol. The smallest absolute Gasteiger partial charge is 0.264 e.